The van der Waals surface area contributed by atoms with Crippen molar-refractivity contribution in [3.63, 3.8) is 0 Å². The summed E-state index contributed by atoms with van der Waals surface area (Å²) in [6.07, 6.45) is 4.09. The number of nitrogens with zero attached hydrogens (tertiary/aromatic N) is 3. The molecule has 0 amide bonds. The molecule has 1 saturated heterocycles. The van der Waals surface area contributed by atoms with Crippen molar-refractivity contribution in [3.05, 3.63) is 66.1 Å². The largest absolute Gasteiger partial charge is 0.497 e. The van der Waals surface area contributed by atoms with Gasteiger partial charge in [0.15, 0.2) is 0 Å². The normalized spacial score (nSPS) is 17.4. The first-order valence-corrected chi connectivity index (χ1v) is 9.99. The zero-order valence-corrected chi connectivity index (χ0v) is 16.6. The summed E-state index contributed by atoms with van der Waals surface area (Å²) in [6.45, 7) is 2.69. The Bertz CT molecular complexity index is 958. The van der Waals surface area contributed by atoms with Gasteiger partial charge in [-0.15, -0.1) is 0 Å². The van der Waals surface area contributed by atoms with Crippen molar-refractivity contribution in [2.24, 2.45) is 5.92 Å². The van der Waals surface area contributed by atoms with Crippen LogP contribution >= 0.6 is 0 Å². The molecule has 0 radical (unpaired) electrons. The predicted molar refractivity (Wildman–Crippen MR) is 111 cm³/mol. The minimum absolute atomic E-state index is 0.208. The second-order valence-electron chi connectivity index (χ2n) is 7.55. The first-order valence-electron chi connectivity index (χ1n) is 9.99. The monoisotopic (exact) mass is 395 g/mol. The molecule has 0 saturated carbocycles. The van der Waals surface area contributed by atoms with Crippen molar-refractivity contribution in [1.29, 1.82) is 0 Å². The maximum Gasteiger partial charge on any atom is 0.136 e. The number of benzene rings is 2. The van der Waals surface area contributed by atoms with Crippen LogP contribution in [0.2, 0.25) is 0 Å². The van der Waals surface area contributed by atoms with Crippen LogP contribution in [-0.2, 0) is 6.54 Å². The van der Waals surface area contributed by atoms with E-state index in [4.69, 9.17) is 9.84 Å². The molecular formula is C23H26FN3O2. The molecule has 152 valence electrons. The van der Waals surface area contributed by atoms with E-state index in [1.165, 1.54) is 13.2 Å². The van der Waals surface area contributed by atoms with Gasteiger partial charge in [0, 0.05) is 43.1 Å². The van der Waals surface area contributed by atoms with Gasteiger partial charge in [-0.2, -0.15) is 5.10 Å². The maximum atomic E-state index is 14.8. The van der Waals surface area contributed by atoms with Crippen molar-refractivity contribution < 1.29 is 14.2 Å². The van der Waals surface area contributed by atoms with Gasteiger partial charge in [-0.25, -0.2) is 9.07 Å². The second-order valence-corrected chi connectivity index (χ2v) is 7.55. The number of aromatic nitrogens is 2. The number of halogens is 1. The average molecular weight is 395 g/mol. The van der Waals surface area contributed by atoms with Gasteiger partial charge in [0.1, 0.15) is 17.3 Å². The molecule has 1 aromatic heterocycles. The van der Waals surface area contributed by atoms with Crippen LogP contribution in [0.25, 0.3) is 16.9 Å². The van der Waals surface area contributed by atoms with Crippen LogP contribution < -0.4 is 4.74 Å². The second kappa shape index (κ2) is 8.76. The molecule has 1 fully saturated rings. The summed E-state index contributed by atoms with van der Waals surface area (Å²) in [5, 5.41) is 14.3. The number of piperidine rings is 1. The predicted octanol–water partition coefficient (Wildman–Crippen LogP) is 3.89. The topological polar surface area (TPSA) is 50.5 Å². The van der Waals surface area contributed by atoms with E-state index in [9.17, 15) is 9.50 Å². The maximum absolute atomic E-state index is 14.8. The molecule has 1 unspecified atom stereocenters. The quantitative estimate of drug-likeness (QED) is 0.688. The molecule has 29 heavy (non-hydrogen) atoms. The van der Waals surface area contributed by atoms with Crippen LogP contribution in [0.15, 0.2) is 54.7 Å². The van der Waals surface area contributed by atoms with E-state index in [2.05, 4.69) is 4.90 Å². The highest BCUT2D eigenvalue weighted by atomic mass is 19.1. The van der Waals surface area contributed by atoms with Crippen molar-refractivity contribution in [3.8, 4) is 22.7 Å². The van der Waals surface area contributed by atoms with E-state index in [0.717, 1.165) is 37.2 Å². The molecule has 1 aliphatic rings. The van der Waals surface area contributed by atoms with Crippen molar-refractivity contribution in [1.82, 2.24) is 14.7 Å². The minimum Gasteiger partial charge on any atom is -0.497 e. The molecule has 0 spiro atoms. The van der Waals surface area contributed by atoms with Crippen LogP contribution in [0.1, 0.15) is 18.4 Å². The fourth-order valence-corrected chi connectivity index (χ4v) is 3.96. The number of likely N-dealkylation sites (tertiary alicyclic amines) is 1. The van der Waals surface area contributed by atoms with Gasteiger partial charge in [0.25, 0.3) is 0 Å². The van der Waals surface area contributed by atoms with E-state index in [-0.39, 0.29) is 12.4 Å². The summed E-state index contributed by atoms with van der Waals surface area (Å²) in [5.41, 5.74) is 3.00. The Hall–Kier alpha value is -2.70. The van der Waals surface area contributed by atoms with Gasteiger partial charge < -0.3 is 9.84 Å². The number of ether oxygens (including phenoxy) is 1. The zero-order valence-electron chi connectivity index (χ0n) is 16.6. The fraction of sp³-hybridized carbons (Fsp3) is 0.348. The molecule has 2 aromatic carbocycles. The molecule has 2 heterocycles. The number of aliphatic hydroxyl groups excluding tert-OH is 1. The van der Waals surface area contributed by atoms with E-state index >= 15 is 0 Å². The van der Waals surface area contributed by atoms with Gasteiger partial charge >= 0.3 is 0 Å². The van der Waals surface area contributed by atoms with Crippen LogP contribution in [0.3, 0.4) is 0 Å². The van der Waals surface area contributed by atoms with Crippen molar-refractivity contribution in [2.75, 3.05) is 26.8 Å². The number of methoxy groups -OCH3 is 1. The van der Waals surface area contributed by atoms with Gasteiger partial charge in [0.2, 0.25) is 0 Å². The summed E-state index contributed by atoms with van der Waals surface area (Å²) >= 11 is 0. The Kier molecular flexibility index (Phi) is 5.92. The highest BCUT2D eigenvalue weighted by molar-refractivity contribution is 5.65. The Morgan fingerprint density at radius 2 is 2.03 bits per heavy atom. The summed E-state index contributed by atoms with van der Waals surface area (Å²) in [7, 11) is 1.53. The summed E-state index contributed by atoms with van der Waals surface area (Å²) in [4.78, 5) is 2.32. The summed E-state index contributed by atoms with van der Waals surface area (Å²) < 4.78 is 21.8. The lowest BCUT2D eigenvalue weighted by Crippen LogP contribution is -2.36. The van der Waals surface area contributed by atoms with Crippen LogP contribution in [0.4, 0.5) is 4.39 Å². The number of para-hydroxylation sites is 1. The smallest absolute Gasteiger partial charge is 0.136 e. The molecule has 4 rings (SSSR count). The Labute approximate surface area is 170 Å². The van der Waals surface area contributed by atoms with Crippen molar-refractivity contribution in [2.45, 2.75) is 19.4 Å². The molecule has 0 aliphatic carbocycles. The molecule has 5 nitrogen and oxygen atoms in total. The molecule has 1 atom stereocenters. The first-order chi connectivity index (χ1) is 14.2. The molecule has 0 bridgehead atoms. The third kappa shape index (κ3) is 4.33. The van der Waals surface area contributed by atoms with Crippen molar-refractivity contribution >= 4 is 0 Å². The van der Waals surface area contributed by atoms with E-state index in [0.29, 0.717) is 29.5 Å². The van der Waals surface area contributed by atoms with Gasteiger partial charge in [-0.05, 0) is 49.6 Å². The molecular weight excluding hydrogens is 369 g/mol. The Morgan fingerprint density at radius 1 is 1.21 bits per heavy atom. The lowest BCUT2D eigenvalue weighted by molar-refractivity contribution is 0.116. The minimum atomic E-state index is -0.351. The van der Waals surface area contributed by atoms with E-state index in [1.807, 2.05) is 41.2 Å². The first kappa shape index (κ1) is 19.6. The summed E-state index contributed by atoms with van der Waals surface area (Å²) in [6, 6.07) is 14.7. The standard InChI is InChI=1S/C23H26FN3O2/c1-29-20-9-10-21(22(24)12-20)23-18(14-26-11-5-6-17(13-26)16-28)15-27(25-23)19-7-3-2-4-8-19/h2-4,7-10,12,15,17,28H,5-6,11,13-14,16H2,1H3. The molecule has 1 aliphatic heterocycles. The van der Waals surface area contributed by atoms with Gasteiger partial charge in [0.05, 0.1) is 12.8 Å². The third-order valence-corrected chi connectivity index (χ3v) is 5.50. The molecule has 3 aromatic rings. The van der Waals surface area contributed by atoms with Crippen LogP contribution in [-0.4, -0.2) is 46.6 Å². The highest BCUT2D eigenvalue weighted by Crippen LogP contribution is 2.30. The number of hydrogen-bond acceptors (Lipinski definition) is 4. The highest BCUT2D eigenvalue weighted by Gasteiger charge is 2.23. The lowest BCUT2D eigenvalue weighted by Gasteiger charge is -2.31. The Balaban J connectivity index is 1.71. The molecule has 6 heteroatoms. The average Bonchev–Trinajstić information content (AvgIpc) is 3.17. The SMILES string of the molecule is COc1ccc(-c2nn(-c3ccccc3)cc2CN2CCCC(CO)C2)c(F)c1. The van der Waals surface area contributed by atoms with Gasteiger partial charge in [-0.3, -0.25) is 4.90 Å². The van der Waals surface area contributed by atoms with Gasteiger partial charge in [-0.1, -0.05) is 18.2 Å². The number of aliphatic hydroxyl groups is 1. The molecule has 1 N–H and O–H groups in total. The number of rotatable bonds is 6. The lowest BCUT2D eigenvalue weighted by atomic mass is 9.98. The fourth-order valence-electron chi connectivity index (χ4n) is 3.96. The van der Waals surface area contributed by atoms with E-state index < -0.39 is 0 Å². The van der Waals surface area contributed by atoms with Crippen LogP contribution in [0.5, 0.6) is 5.75 Å². The zero-order chi connectivity index (χ0) is 20.2. The number of hydrogen-bond donors (Lipinski definition) is 1. The third-order valence-electron chi connectivity index (χ3n) is 5.50. The van der Waals surface area contributed by atoms with E-state index in [1.54, 1.807) is 12.1 Å². The summed E-state index contributed by atoms with van der Waals surface area (Å²) in [5.74, 6) is 0.432. The Morgan fingerprint density at radius 3 is 2.76 bits per heavy atom. The van der Waals surface area contributed by atoms with Crippen LogP contribution in [0, 0.1) is 11.7 Å².